The Balaban J connectivity index is 2.05. The normalized spacial score (nSPS) is 11.4. The number of rotatable bonds is 5. The first-order chi connectivity index (χ1) is 12.6. The molecule has 1 amide bonds. The van der Waals surface area contributed by atoms with Gasteiger partial charge in [-0.2, -0.15) is 13.2 Å². The van der Waals surface area contributed by atoms with Gasteiger partial charge in [0.1, 0.15) is 0 Å². The SMILES string of the molecule is CC(C)OC(=O)Nc1ccc(NCc2ccc(C(F)(F)F)cc2)c(F)c1N. The Kier molecular flexibility index (Phi) is 6.14. The van der Waals surface area contributed by atoms with Crippen molar-refractivity contribution in [3.8, 4) is 0 Å². The quantitative estimate of drug-likeness (QED) is 0.500. The van der Waals surface area contributed by atoms with E-state index in [-0.39, 0.29) is 29.7 Å². The number of amides is 1. The number of nitrogens with one attached hydrogen (secondary N) is 2. The van der Waals surface area contributed by atoms with Crippen LogP contribution in [0.15, 0.2) is 36.4 Å². The molecule has 5 nitrogen and oxygen atoms in total. The molecular formula is C18H19F4N3O2. The van der Waals surface area contributed by atoms with E-state index < -0.39 is 23.7 Å². The molecule has 0 aliphatic heterocycles. The molecule has 0 atom stereocenters. The molecule has 4 N–H and O–H groups in total. The summed E-state index contributed by atoms with van der Waals surface area (Å²) in [7, 11) is 0. The molecule has 2 aromatic rings. The molecule has 27 heavy (non-hydrogen) atoms. The highest BCUT2D eigenvalue weighted by atomic mass is 19.4. The number of carbonyl (C=O) groups is 1. The molecule has 0 aliphatic rings. The van der Waals surface area contributed by atoms with Crippen molar-refractivity contribution in [3.63, 3.8) is 0 Å². The van der Waals surface area contributed by atoms with Gasteiger partial charge in [-0.15, -0.1) is 0 Å². The van der Waals surface area contributed by atoms with Gasteiger partial charge in [0.2, 0.25) is 0 Å². The Labute approximate surface area is 153 Å². The Morgan fingerprint density at radius 1 is 1.11 bits per heavy atom. The molecule has 9 heteroatoms. The third kappa shape index (κ3) is 5.50. The second-order valence-electron chi connectivity index (χ2n) is 6.02. The number of ether oxygens (including phenoxy) is 1. The van der Waals surface area contributed by atoms with Crippen molar-refractivity contribution in [2.45, 2.75) is 32.7 Å². The third-order valence-electron chi connectivity index (χ3n) is 3.52. The van der Waals surface area contributed by atoms with Crippen molar-refractivity contribution in [1.82, 2.24) is 0 Å². The minimum atomic E-state index is -4.41. The summed E-state index contributed by atoms with van der Waals surface area (Å²) in [6.07, 6.45) is -5.52. The predicted molar refractivity (Wildman–Crippen MR) is 94.8 cm³/mol. The zero-order chi connectivity index (χ0) is 20.2. The molecule has 0 saturated heterocycles. The maximum atomic E-state index is 14.4. The number of carbonyl (C=O) groups excluding carboxylic acids is 1. The largest absolute Gasteiger partial charge is 0.447 e. The van der Waals surface area contributed by atoms with Crippen molar-refractivity contribution in [2.75, 3.05) is 16.4 Å². The van der Waals surface area contributed by atoms with E-state index in [2.05, 4.69) is 10.6 Å². The Morgan fingerprint density at radius 2 is 1.70 bits per heavy atom. The van der Waals surface area contributed by atoms with E-state index in [0.717, 1.165) is 12.1 Å². The maximum Gasteiger partial charge on any atom is 0.416 e. The molecule has 0 unspecified atom stereocenters. The summed E-state index contributed by atoms with van der Waals surface area (Å²) < 4.78 is 56.9. The van der Waals surface area contributed by atoms with Gasteiger partial charge < -0.3 is 15.8 Å². The fourth-order valence-corrected chi connectivity index (χ4v) is 2.20. The average Bonchev–Trinajstić information content (AvgIpc) is 2.57. The summed E-state index contributed by atoms with van der Waals surface area (Å²) in [5, 5.41) is 5.10. The molecule has 2 aromatic carbocycles. The van der Waals surface area contributed by atoms with Crippen molar-refractivity contribution < 1.29 is 27.1 Å². The molecule has 146 valence electrons. The van der Waals surface area contributed by atoms with Crippen LogP contribution in [0.1, 0.15) is 25.0 Å². The van der Waals surface area contributed by atoms with E-state index in [4.69, 9.17) is 10.5 Å². The average molecular weight is 385 g/mol. The van der Waals surface area contributed by atoms with Crippen LogP contribution < -0.4 is 16.4 Å². The number of nitrogen functional groups attached to an aromatic ring is 1. The molecule has 2 rings (SSSR count). The Hall–Kier alpha value is -2.97. The summed E-state index contributed by atoms with van der Waals surface area (Å²) in [4.78, 5) is 11.6. The first-order valence-corrected chi connectivity index (χ1v) is 8.03. The number of hydrogen-bond acceptors (Lipinski definition) is 4. The van der Waals surface area contributed by atoms with Gasteiger partial charge in [0.05, 0.1) is 28.7 Å². The lowest BCUT2D eigenvalue weighted by Gasteiger charge is -2.14. The topological polar surface area (TPSA) is 76.4 Å². The van der Waals surface area contributed by atoms with Crippen molar-refractivity contribution in [1.29, 1.82) is 0 Å². The van der Waals surface area contributed by atoms with E-state index in [1.807, 2.05) is 0 Å². The van der Waals surface area contributed by atoms with Gasteiger partial charge in [0, 0.05) is 6.54 Å². The summed E-state index contributed by atoms with van der Waals surface area (Å²) in [6, 6.07) is 7.27. The summed E-state index contributed by atoms with van der Waals surface area (Å²) in [6.45, 7) is 3.42. The zero-order valence-electron chi connectivity index (χ0n) is 14.7. The van der Waals surface area contributed by atoms with E-state index in [9.17, 15) is 22.4 Å². The molecule has 0 saturated carbocycles. The minimum absolute atomic E-state index is 0.0511. The third-order valence-corrected chi connectivity index (χ3v) is 3.52. The standard InChI is InChI=1S/C18H19F4N3O2/c1-10(2)27-17(26)25-14-8-7-13(15(19)16(14)23)24-9-11-3-5-12(6-4-11)18(20,21)22/h3-8,10,24H,9,23H2,1-2H3,(H,25,26). The number of alkyl halides is 3. The van der Waals surface area contributed by atoms with E-state index in [1.54, 1.807) is 13.8 Å². The number of nitrogens with two attached hydrogens (primary N) is 1. The zero-order valence-corrected chi connectivity index (χ0v) is 14.7. The molecule has 0 heterocycles. The van der Waals surface area contributed by atoms with Gasteiger partial charge >= 0.3 is 12.3 Å². The number of benzene rings is 2. The van der Waals surface area contributed by atoms with Crippen LogP contribution in [0.3, 0.4) is 0 Å². The number of halogens is 4. The number of anilines is 3. The smallest absolute Gasteiger partial charge is 0.416 e. The highest BCUT2D eigenvalue weighted by Gasteiger charge is 2.29. The van der Waals surface area contributed by atoms with Crippen LogP contribution in [0.25, 0.3) is 0 Å². The van der Waals surface area contributed by atoms with E-state index >= 15 is 0 Å². The minimum Gasteiger partial charge on any atom is -0.447 e. The lowest BCUT2D eigenvalue weighted by Crippen LogP contribution is -2.19. The second-order valence-corrected chi connectivity index (χ2v) is 6.02. The van der Waals surface area contributed by atoms with Crippen molar-refractivity contribution in [2.24, 2.45) is 0 Å². The van der Waals surface area contributed by atoms with E-state index in [1.165, 1.54) is 24.3 Å². The summed E-state index contributed by atoms with van der Waals surface area (Å²) in [5.41, 5.74) is 5.28. The molecule has 0 spiro atoms. The molecule has 0 bridgehead atoms. The highest BCUT2D eigenvalue weighted by Crippen LogP contribution is 2.30. The van der Waals surface area contributed by atoms with Gasteiger partial charge in [-0.1, -0.05) is 12.1 Å². The molecular weight excluding hydrogens is 366 g/mol. The summed E-state index contributed by atoms with van der Waals surface area (Å²) >= 11 is 0. The molecule has 0 aromatic heterocycles. The summed E-state index contributed by atoms with van der Waals surface area (Å²) in [5.74, 6) is -0.788. The van der Waals surface area contributed by atoms with Gasteiger partial charge in [0.15, 0.2) is 5.82 Å². The van der Waals surface area contributed by atoms with Gasteiger partial charge in [0.25, 0.3) is 0 Å². The first-order valence-electron chi connectivity index (χ1n) is 8.03. The predicted octanol–water partition coefficient (Wildman–Crippen LogP) is 5.00. The molecule has 0 radical (unpaired) electrons. The van der Waals surface area contributed by atoms with Crippen LogP contribution in [-0.4, -0.2) is 12.2 Å². The van der Waals surface area contributed by atoms with Crippen molar-refractivity contribution >= 4 is 23.2 Å². The van der Waals surface area contributed by atoms with Crippen LogP contribution in [0.2, 0.25) is 0 Å². The molecule has 0 fully saturated rings. The van der Waals surface area contributed by atoms with Crippen LogP contribution in [0, 0.1) is 5.82 Å². The van der Waals surface area contributed by atoms with Gasteiger partial charge in [-0.3, -0.25) is 5.32 Å². The Morgan fingerprint density at radius 3 is 2.26 bits per heavy atom. The van der Waals surface area contributed by atoms with Crippen LogP contribution >= 0.6 is 0 Å². The fraction of sp³-hybridized carbons (Fsp3) is 0.278. The second kappa shape index (κ2) is 8.15. The monoisotopic (exact) mass is 385 g/mol. The van der Waals surface area contributed by atoms with Gasteiger partial charge in [-0.05, 0) is 43.7 Å². The first kappa shape index (κ1) is 20.3. The van der Waals surface area contributed by atoms with Gasteiger partial charge in [-0.25, -0.2) is 9.18 Å². The highest BCUT2D eigenvalue weighted by molar-refractivity contribution is 5.90. The van der Waals surface area contributed by atoms with Crippen LogP contribution in [-0.2, 0) is 17.5 Å². The Bertz CT molecular complexity index is 805. The maximum absolute atomic E-state index is 14.4. The van der Waals surface area contributed by atoms with Crippen molar-refractivity contribution in [3.05, 3.63) is 53.3 Å². The fourth-order valence-electron chi connectivity index (χ4n) is 2.20. The lowest BCUT2D eigenvalue weighted by atomic mass is 10.1. The number of hydrogen-bond donors (Lipinski definition) is 3. The van der Waals surface area contributed by atoms with Crippen LogP contribution in [0.4, 0.5) is 39.4 Å². The lowest BCUT2D eigenvalue weighted by molar-refractivity contribution is -0.137. The van der Waals surface area contributed by atoms with Crippen LogP contribution in [0.5, 0.6) is 0 Å². The molecule has 0 aliphatic carbocycles. The van der Waals surface area contributed by atoms with E-state index in [0.29, 0.717) is 5.56 Å².